The van der Waals surface area contributed by atoms with Gasteiger partial charge in [-0.3, -0.25) is 0 Å². The molecule has 3 unspecified atom stereocenters. The van der Waals surface area contributed by atoms with Crippen LogP contribution in [0.1, 0.15) is 31.7 Å². The molecular weight excluding hydrogens is 264 g/mol. The average molecular weight is 283 g/mol. The molecular formula is C14H19BrO. The first kappa shape index (κ1) is 12.1. The van der Waals surface area contributed by atoms with E-state index < -0.39 is 0 Å². The van der Waals surface area contributed by atoms with Gasteiger partial charge in [-0.25, -0.2) is 0 Å². The molecule has 16 heavy (non-hydrogen) atoms. The first-order valence-corrected chi connectivity index (χ1v) is 6.89. The van der Waals surface area contributed by atoms with Crippen LogP contribution < -0.4 is 0 Å². The molecule has 0 amide bonds. The van der Waals surface area contributed by atoms with Gasteiger partial charge in [-0.1, -0.05) is 53.9 Å². The van der Waals surface area contributed by atoms with Gasteiger partial charge in [-0.2, -0.15) is 0 Å². The molecule has 0 saturated heterocycles. The van der Waals surface area contributed by atoms with Crippen molar-refractivity contribution in [2.24, 2.45) is 11.8 Å². The zero-order valence-electron chi connectivity index (χ0n) is 9.70. The van der Waals surface area contributed by atoms with Gasteiger partial charge in [-0.05, 0) is 36.3 Å². The van der Waals surface area contributed by atoms with Gasteiger partial charge >= 0.3 is 0 Å². The van der Waals surface area contributed by atoms with Crippen molar-refractivity contribution >= 4 is 15.9 Å². The monoisotopic (exact) mass is 282 g/mol. The van der Waals surface area contributed by atoms with Crippen LogP contribution in [0.2, 0.25) is 0 Å². The van der Waals surface area contributed by atoms with E-state index in [0.29, 0.717) is 11.8 Å². The van der Waals surface area contributed by atoms with E-state index in [4.69, 9.17) is 0 Å². The minimum atomic E-state index is -0.184. The smallest absolute Gasteiger partial charge is 0.0611 e. The molecule has 1 fully saturated rings. The van der Waals surface area contributed by atoms with Crippen molar-refractivity contribution in [2.75, 3.05) is 0 Å². The fourth-order valence-electron chi connectivity index (χ4n) is 2.79. The molecule has 0 aromatic heterocycles. The standard InChI is InChI=1S/C14H19BrO/c1-10-5-4-7-12(10)14(16)9-11-6-2-3-8-13(11)15/h2-3,6,8,10,12,14,16H,4-5,7,9H2,1H3. The molecule has 1 nitrogen and oxygen atoms in total. The lowest BCUT2D eigenvalue weighted by atomic mass is 9.89. The second-order valence-electron chi connectivity index (χ2n) is 4.93. The summed E-state index contributed by atoms with van der Waals surface area (Å²) in [5.41, 5.74) is 1.22. The number of benzene rings is 1. The summed E-state index contributed by atoms with van der Waals surface area (Å²) in [5.74, 6) is 1.17. The van der Waals surface area contributed by atoms with Gasteiger partial charge in [-0.15, -0.1) is 0 Å². The largest absolute Gasteiger partial charge is 0.392 e. The Bertz CT molecular complexity index is 350. The normalized spacial score (nSPS) is 26.9. The van der Waals surface area contributed by atoms with Gasteiger partial charge in [0.1, 0.15) is 0 Å². The van der Waals surface area contributed by atoms with Gasteiger partial charge in [0.05, 0.1) is 6.10 Å². The summed E-state index contributed by atoms with van der Waals surface area (Å²) in [6, 6.07) is 8.18. The Morgan fingerprint density at radius 1 is 1.38 bits per heavy atom. The van der Waals surface area contributed by atoms with Crippen molar-refractivity contribution < 1.29 is 5.11 Å². The summed E-state index contributed by atoms with van der Waals surface area (Å²) in [7, 11) is 0. The summed E-state index contributed by atoms with van der Waals surface area (Å²) >= 11 is 3.54. The van der Waals surface area contributed by atoms with Gasteiger partial charge in [0, 0.05) is 4.47 Å². The second-order valence-corrected chi connectivity index (χ2v) is 5.79. The van der Waals surface area contributed by atoms with Crippen LogP contribution in [0.4, 0.5) is 0 Å². The molecule has 0 heterocycles. The van der Waals surface area contributed by atoms with Crippen LogP contribution in [0.3, 0.4) is 0 Å². The minimum absolute atomic E-state index is 0.184. The summed E-state index contributed by atoms with van der Waals surface area (Å²) in [6.07, 6.45) is 4.33. The first-order chi connectivity index (χ1) is 7.68. The molecule has 0 bridgehead atoms. The lowest BCUT2D eigenvalue weighted by Crippen LogP contribution is -2.24. The number of hydrogen-bond acceptors (Lipinski definition) is 1. The fraction of sp³-hybridized carbons (Fsp3) is 0.571. The van der Waals surface area contributed by atoms with Crippen molar-refractivity contribution in [3.05, 3.63) is 34.3 Å². The van der Waals surface area contributed by atoms with Crippen LogP contribution in [-0.2, 0) is 6.42 Å². The molecule has 2 heteroatoms. The second kappa shape index (κ2) is 5.33. The third kappa shape index (κ3) is 2.67. The van der Waals surface area contributed by atoms with Gasteiger partial charge in [0.25, 0.3) is 0 Å². The van der Waals surface area contributed by atoms with Crippen molar-refractivity contribution in [1.82, 2.24) is 0 Å². The molecule has 0 aliphatic heterocycles. The highest BCUT2D eigenvalue weighted by molar-refractivity contribution is 9.10. The Morgan fingerprint density at radius 3 is 2.75 bits per heavy atom. The molecule has 1 aliphatic rings. The number of aliphatic hydroxyl groups is 1. The number of rotatable bonds is 3. The molecule has 1 aromatic rings. The van der Waals surface area contributed by atoms with E-state index in [2.05, 4.69) is 28.9 Å². The summed E-state index contributed by atoms with van der Waals surface area (Å²) in [4.78, 5) is 0. The van der Waals surface area contributed by atoms with Crippen LogP contribution in [0.25, 0.3) is 0 Å². The molecule has 0 radical (unpaired) electrons. The molecule has 1 aliphatic carbocycles. The van der Waals surface area contributed by atoms with E-state index in [1.165, 1.54) is 24.8 Å². The summed E-state index contributed by atoms with van der Waals surface area (Å²) in [5, 5.41) is 10.3. The quantitative estimate of drug-likeness (QED) is 0.894. The zero-order valence-corrected chi connectivity index (χ0v) is 11.3. The van der Waals surface area contributed by atoms with Crippen LogP contribution in [-0.4, -0.2) is 11.2 Å². The first-order valence-electron chi connectivity index (χ1n) is 6.10. The van der Waals surface area contributed by atoms with Crippen molar-refractivity contribution in [2.45, 2.75) is 38.7 Å². The predicted molar refractivity (Wildman–Crippen MR) is 70.4 cm³/mol. The molecule has 3 atom stereocenters. The third-order valence-electron chi connectivity index (χ3n) is 3.81. The SMILES string of the molecule is CC1CCCC1C(O)Cc1ccccc1Br. The molecule has 88 valence electrons. The maximum atomic E-state index is 10.3. The van der Waals surface area contributed by atoms with E-state index in [9.17, 15) is 5.11 Å². The minimum Gasteiger partial charge on any atom is -0.392 e. The number of aliphatic hydroxyl groups excluding tert-OH is 1. The van der Waals surface area contributed by atoms with Gasteiger partial charge < -0.3 is 5.11 Å². The highest BCUT2D eigenvalue weighted by Crippen LogP contribution is 2.35. The Balaban J connectivity index is 2.02. The fourth-order valence-corrected chi connectivity index (χ4v) is 3.23. The highest BCUT2D eigenvalue weighted by atomic mass is 79.9. The van der Waals surface area contributed by atoms with E-state index in [1.54, 1.807) is 0 Å². The van der Waals surface area contributed by atoms with Gasteiger partial charge in [0.15, 0.2) is 0 Å². The maximum absolute atomic E-state index is 10.3. The highest BCUT2D eigenvalue weighted by Gasteiger charge is 2.29. The lowest BCUT2D eigenvalue weighted by molar-refractivity contribution is 0.0900. The molecule has 2 rings (SSSR count). The predicted octanol–water partition coefficient (Wildman–Crippen LogP) is 3.79. The molecule has 0 spiro atoms. The number of hydrogen-bond donors (Lipinski definition) is 1. The Morgan fingerprint density at radius 2 is 2.12 bits per heavy atom. The zero-order chi connectivity index (χ0) is 11.5. The summed E-state index contributed by atoms with van der Waals surface area (Å²) in [6.45, 7) is 2.26. The van der Waals surface area contributed by atoms with Crippen LogP contribution in [0.5, 0.6) is 0 Å². The van der Waals surface area contributed by atoms with Crippen molar-refractivity contribution in [3.8, 4) is 0 Å². The van der Waals surface area contributed by atoms with E-state index in [-0.39, 0.29) is 6.10 Å². The Kier molecular flexibility index (Phi) is 4.04. The summed E-state index contributed by atoms with van der Waals surface area (Å²) < 4.78 is 1.11. The molecule has 1 N–H and O–H groups in total. The van der Waals surface area contributed by atoms with E-state index in [1.807, 2.05) is 18.2 Å². The molecule has 1 aromatic carbocycles. The van der Waals surface area contributed by atoms with Crippen molar-refractivity contribution in [1.29, 1.82) is 0 Å². The van der Waals surface area contributed by atoms with Crippen LogP contribution in [0.15, 0.2) is 28.7 Å². The average Bonchev–Trinajstić information content (AvgIpc) is 2.68. The topological polar surface area (TPSA) is 20.2 Å². The lowest BCUT2D eigenvalue weighted by Gasteiger charge is -2.22. The number of halogens is 1. The molecule has 1 saturated carbocycles. The Labute approximate surface area is 106 Å². The third-order valence-corrected chi connectivity index (χ3v) is 4.58. The Hall–Kier alpha value is -0.340. The van der Waals surface area contributed by atoms with Crippen LogP contribution >= 0.6 is 15.9 Å². The van der Waals surface area contributed by atoms with Gasteiger partial charge in [0.2, 0.25) is 0 Å². The maximum Gasteiger partial charge on any atom is 0.0611 e. The van der Waals surface area contributed by atoms with Crippen molar-refractivity contribution in [3.63, 3.8) is 0 Å². The van der Waals surface area contributed by atoms with E-state index >= 15 is 0 Å². The van der Waals surface area contributed by atoms with Crippen LogP contribution in [0, 0.1) is 11.8 Å². The van der Waals surface area contributed by atoms with E-state index in [0.717, 1.165) is 10.9 Å².